The van der Waals surface area contributed by atoms with Crippen LogP contribution in [0.2, 0.25) is 0 Å². The number of methoxy groups -OCH3 is 1. The SMILES string of the molecule is COC1CCC(NC2c3ccccc3OC2(C)C)C1. The maximum atomic E-state index is 6.08. The fourth-order valence-corrected chi connectivity index (χ4v) is 3.36. The molecule has 3 unspecified atom stereocenters. The van der Waals surface area contributed by atoms with Crippen LogP contribution in [-0.4, -0.2) is 24.9 Å². The van der Waals surface area contributed by atoms with Crippen molar-refractivity contribution in [3.8, 4) is 5.75 Å². The molecule has 104 valence electrons. The second-order valence-electron chi connectivity index (χ2n) is 6.21. The Bertz CT molecular complexity index is 458. The Morgan fingerprint density at radius 2 is 2.05 bits per heavy atom. The van der Waals surface area contributed by atoms with Gasteiger partial charge in [0.15, 0.2) is 0 Å². The highest BCUT2D eigenvalue weighted by molar-refractivity contribution is 5.42. The van der Waals surface area contributed by atoms with Crippen molar-refractivity contribution in [1.82, 2.24) is 5.32 Å². The summed E-state index contributed by atoms with van der Waals surface area (Å²) >= 11 is 0. The van der Waals surface area contributed by atoms with Gasteiger partial charge < -0.3 is 14.8 Å². The predicted octanol–water partition coefficient (Wildman–Crippen LogP) is 3.06. The molecule has 1 aromatic carbocycles. The molecule has 3 atom stereocenters. The highest BCUT2D eigenvalue weighted by Gasteiger charge is 2.42. The molecule has 1 aromatic rings. The van der Waals surface area contributed by atoms with Gasteiger partial charge in [-0.2, -0.15) is 0 Å². The molecule has 1 N–H and O–H groups in total. The van der Waals surface area contributed by atoms with E-state index in [1.807, 2.05) is 13.2 Å². The average Bonchev–Trinajstić information content (AvgIpc) is 2.93. The Kier molecular flexibility index (Phi) is 3.27. The van der Waals surface area contributed by atoms with Crippen molar-refractivity contribution in [3.05, 3.63) is 29.8 Å². The van der Waals surface area contributed by atoms with Gasteiger partial charge in [0.2, 0.25) is 0 Å². The molecule has 3 rings (SSSR count). The summed E-state index contributed by atoms with van der Waals surface area (Å²) in [7, 11) is 1.81. The van der Waals surface area contributed by atoms with Gasteiger partial charge in [0.1, 0.15) is 11.4 Å². The molecule has 1 aliphatic heterocycles. The fraction of sp³-hybridized carbons (Fsp3) is 0.625. The van der Waals surface area contributed by atoms with Crippen LogP contribution in [0.4, 0.5) is 0 Å². The van der Waals surface area contributed by atoms with E-state index in [1.54, 1.807) is 0 Å². The molecule has 0 aromatic heterocycles. The van der Waals surface area contributed by atoms with Gasteiger partial charge in [-0.25, -0.2) is 0 Å². The molecular weight excluding hydrogens is 238 g/mol. The van der Waals surface area contributed by atoms with Crippen LogP contribution in [0.3, 0.4) is 0 Å². The third-order valence-electron chi connectivity index (χ3n) is 4.42. The molecule has 1 heterocycles. The van der Waals surface area contributed by atoms with Crippen molar-refractivity contribution in [2.45, 2.75) is 56.9 Å². The first kappa shape index (κ1) is 12.9. The average molecular weight is 261 g/mol. The molecule has 3 nitrogen and oxygen atoms in total. The molecule has 0 bridgehead atoms. The van der Waals surface area contributed by atoms with E-state index in [9.17, 15) is 0 Å². The van der Waals surface area contributed by atoms with E-state index < -0.39 is 0 Å². The van der Waals surface area contributed by atoms with Crippen LogP contribution < -0.4 is 10.1 Å². The topological polar surface area (TPSA) is 30.5 Å². The van der Waals surface area contributed by atoms with Crippen LogP contribution in [-0.2, 0) is 4.74 Å². The molecule has 1 fully saturated rings. The van der Waals surface area contributed by atoms with Crippen molar-refractivity contribution < 1.29 is 9.47 Å². The maximum absolute atomic E-state index is 6.08. The van der Waals surface area contributed by atoms with Crippen LogP contribution >= 0.6 is 0 Å². The maximum Gasteiger partial charge on any atom is 0.125 e. The lowest BCUT2D eigenvalue weighted by Gasteiger charge is -2.30. The Labute approximate surface area is 115 Å². The zero-order valence-corrected chi connectivity index (χ0v) is 12.0. The number of benzene rings is 1. The van der Waals surface area contributed by atoms with Gasteiger partial charge in [0.25, 0.3) is 0 Å². The molecule has 3 heteroatoms. The second-order valence-corrected chi connectivity index (χ2v) is 6.21. The van der Waals surface area contributed by atoms with Crippen LogP contribution in [0.5, 0.6) is 5.75 Å². The molecule has 0 radical (unpaired) electrons. The zero-order valence-electron chi connectivity index (χ0n) is 12.0. The van der Waals surface area contributed by atoms with Crippen LogP contribution in [0.25, 0.3) is 0 Å². The predicted molar refractivity (Wildman–Crippen MR) is 75.5 cm³/mol. The van der Waals surface area contributed by atoms with Gasteiger partial charge in [-0.15, -0.1) is 0 Å². The van der Waals surface area contributed by atoms with Crippen molar-refractivity contribution >= 4 is 0 Å². The third-order valence-corrected chi connectivity index (χ3v) is 4.42. The van der Waals surface area contributed by atoms with Gasteiger partial charge >= 0.3 is 0 Å². The molecule has 0 spiro atoms. The smallest absolute Gasteiger partial charge is 0.125 e. The van der Waals surface area contributed by atoms with E-state index in [1.165, 1.54) is 12.0 Å². The summed E-state index contributed by atoms with van der Waals surface area (Å²) in [6.45, 7) is 4.32. The third kappa shape index (κ3) is 2.37. The van der Waals surface area contributed by atoms with Crippen molar-refractivity contribution in [3.63, 3.8) is 0 Å². The van der Waals surface area contributed by atoms with Gasteiger partial charge in [0.05, 0.1) is 12.1 Å². The van der Waals surface area contributed by atoms with Crippen molar-refractivity contribution in [1.29, 1.82) is 0 Å². The summed E-state index contributed by atoms with van der Waals surface area (Å²) in [6.07, 6.45) is 3.86. The number of nitrogens with one attached hydrogen (secondary N) is 1. The van der Waals surface area contributed by atoms with Crippen molar-refractivity contribution in [2.24, 2.45) is 0 Å². The minimum Gasteiger partial charge on any atom is -0.486 e. The molecule has 1 saturated carbocycles. The summed E-state index contributed by atoms with van der Waals surface area (Å²) in [5, 5.41) is 3.78. The van der Waals surface area contributed by atoms with Gasteiger partial charge in [-0.05, 0) is 39.2 Å². The minimum absolute atomic E-state index is 0.186. The molecular formula is C16H23NO2. The normalized spacial score (nSPS) is 32.1. The lowest BCUT2D eigenvalue weighted by molar-refractivity contribution is 0.0850. The molecule has 19 heavy (non-hydrogen) atoms. The van der Waals surface area contributed by atoms with E-state index in [2.05, 4.69) is 37.4 Å². The lowest BCUT2D eigenvalue weighted by Crippen LogP contribution is -2.43. The van der Waals surface area contributed by atoms with Crippen LogP contribution in [0, 0.1) is 0 Å². The largest absolute Gasteiger partial charge is 0.486 e. The molecule has 1 aliphatic carbocycles. The number of fused-ring (bicyclic) bond motifs is 1. The van der Waals surface area contributed by atoms with Gasteiger partial charge in [0, 0.05) is 18.7 Å². The lowest BCUT2D eigenvalue weighted by atomic mass is 9.93. The Balaban J connectivity index is 1.76. The molecule has 0 amide bonds. The fourth-order valence-electron chi connectivity index (χ4n) is 3.36. The van der Waals surface area contributed by atoms with E-state index in [0.717, 1.165) is 18.6 Å². The van der Waals surface area contributed by atoms with E-state index in [4.69, 9.17) is 9.47 Å². The first-order valence-corrected chi connectivity index (χ1v) is 7.17. The van der Waals surface area contributed by atoms with E-state index in [0.29, 0.717) is 12.1 Å². The highest BCUT2D eigenvalue weighted by atomic mass is 16.5. The number of ether oxygens (including phenoxy) is 2. The number of para-hydroxylation sites is 1. The Morgan fingerprint density at radius 3 is 2.79 bits per heavy atom. The Hall–Kier alpha value is -1.06. The molecule has 2 aliphatic rings. The van der Waals surface area contributed by atoms with Crippen LogP contribution in [0.15, 0.2) is 24.3 Å². The number of rotatable bonds is 3. The van der Waals surface area contributed by atoms with Crippen molar-refractivity contribution in [2.75, 3.05) is 7.11 Å². The van der Waals surface area contributed by atoms with E-state index >= 15 is 0 Å². The quantitative estimate of drug-likeness (QED) is 0.907. The first-order valence-electron chi connectivity index (χ1n) is 7.17. The van der Waals surface area contributed by atoms with E-state index in [-0.39, 0.29) is 11.6 Å². The summed E-state index contributed by atoms with van der Waals surface area (Å²) in [6, 6.07) is 9.16. The minimum atomic E-state index is -0.186. The van der Waals surface area contributed by atoms with Crippen LogP contribution in [0.1, 0.15) is 44.7 Å². The zero-order chi connectivity index (χ0) is 13.5. The molecule has 0 saturated heterocycles. The summed E-state index contributed by atoms with van der Waals surface area (Å²) in [5.41, 5.74) is 1.10. The monoisotopic (exact) mass is 261 g/mol. The van der Waals surface area contributed by atoms with Gasteiger partial charge in [-0.1, -0.05) is 18.2 Å². The second kappa shape index (κ2) is 4.80. The number of hydrogen-bond acceptors (Lipinski definition) is 3. The van der Waals surface area contributed by atoms with Gasteiger partial charge in [-0.3, -0.25) is 0 Å². The standard InChI is InChI=1S/C16H23NO2/c1-16(2)15(13-6-4-5-7-14(13)19-16)17-11-8-9-12(10-11)18-3/h4-7,11-12,15,17H,8-10H2,1-3H3. The highest BCUT2D eigenvalue weighted by Crippen LogP contribution is 2.43. The Morgan fingerprint density at radius 1 is 1.26 bits per heavy atom. The summed E-state index contributed by atoms with van der Waals surface area (Å²) in [4.78, 5) is 0. The summed E-state index contributed by atoms with van der Waals surface area (Å²) in [5.74, 6) is 1.02. The summed E-state index contributed by atoms with van der Waals surface area (Å²) < 4.78 is 11.5. The number of hydrogen-bond donors (Lipinski definition) is 1. The first-order chi connectivity index (χ1) is 9.10.